The van der Waals surface area contributed by atoms with Crippen molar-refractivity contribution < 1.29 is 4.74 Å². The molecule has 2 heterocycles. The van der Waals surface area contributed by atoms with E-state index in [1.807, 2.05) is 24.3 Å². The number of aromatic amines is 1. The molecule has 0 atom stereocenters. The molecule has 2 aromatic rings. The first-order chi connectivity index (χ1) is 10.7. The third kappa shape index (κ3) is 2.25. The Morgan fingerprint density at radius 3 is 2.86 bits per heavy atom. The number of nitrogens with one attached hydrogen (secondary N) is 1. The van der Waals surface area contributed by atoms with Crippen LogP contribution in [0.1, 0.15) is 24.8 Å². The molecule has 1 aliphatic carbocycles. The van der Waals surface area contributed by atoms with Crippen LogP contribution in [0.3, 0.4) is 0 Å². The highest BCUT2D eigenvalue weighted by atomic mass is 35.5. The summed E-state index contributed by atoms with van der Waals surface area (Å²) < 4.78 is 6.30. The second-order valence-electron chi connectivity index (χ2n) is 5.99. The van der Waals surface area contributed by atoms with E-state index >= 15 is 0 Å². The first kappa shape index (κ1) is 13.6. The van der Waals surface area contributed by atoms with Gasteiger partial charge in [-0.15, -0.1) is 0 Å². The molecule has 1 spiro atoms. The van der Waals surface area contributed by atoms with Gasteiger partial charge in [0.05, 0.1) is 12.7 Å². The maximum Gasteiger partial charge on any atom is 0.271 e. The lowest BCUT2D eigenvalue weighted by Gasteiger charge is -2.43. The SMILES string of the molecule is O=c1[nH]c(N2Cc3ccccc3OC3(CCC3)C2)ncc1Cl. The predicted octanol–water partition coefficient (Wildman–Crippen LogP) is 2.75. The number of hydrogen-bond donors (Lipinski definition) is 1. The molecule has 1 aliphatic heterocycles. The number of para-hydroxylation sites is 1. The molecule has 0 amide bonds. The van der Waals surface area contributed by atoms with Crippen LogP contribution in [-0.4, -0.2) is 22.1 Å². The monoisotopic (exact) mass is 317 g/mol. The van der Waals surface area contributed by atoms with Crippen LogP contribution < -0.4 is 15.2 Å². The smallest absolute Gasteiger partial charge is 0.271 e. The number of hydrogen-bond acceptors (Lipinski definition) is 4. The molecule has 1 fully saturated rings. The lowest BCUT2D eigenvalue weighted by molar-refractivity contribution is 0.00317. The molecule has 0 unspecified atom stereocenters. The molecule has 6 heteroatoms. The topological polar surface area (TPSA) is 58.2 Å². The van der Waals surface area contributed by atoms with Crippen LogP contribution in [0.4, 0.5) is 5.95 Å². The number of nitrogens with zero attached hydrogens (tertiary/aromatic N) is 2. The summed E-state index contributed by atoms with van der Waals surface area (Å²) in [5.41, 5.74) is 0.613. The second kappa shape index (κ2) is 5.02. The first-order valence-corrected chi connectivity index (χ1v) is 7.80. The van der Waals surface area contributed by atoms with Crippen LogP contribution >= 0.6 is 11.6 Å². The minimum absolute atomic E-state index is 0.105. The maximum atomic E-state index is 11.8. The van der Waals surface area contributed by atoms with Crippen LogP contribution in [0.5, 0.6) is 5.75 Å². The van der Waals surface area contributed by atoms with Crippen molar-refractivity contribution in [1.29, 1.82) is 0 Å². The van der Waals surface area contributed by atoms with Gasteiger partial charge in [0, 0.05) is 12.1 Å². The van der Waals surface area contributed by atoms with Crippen LogP contribution in [0.15, 0.2) is 35.3 Å². The van der Waals surface area contributed by atoms with E-state index in [4.69, 9.17) is 16.3 Å². The summed E-state index contributed by atoms with van der Waals surface area (Å²) in [4.78, 5) is 20.9. The van der Waals surface area contributed by atoms with Crippen molar-refractivity contribution in [1.82, 2.24) is 9.97 Å². The minimum atomic E-state index is -0.312. The molecule has 5 nitrogen and oxygen atoms in total. The Hall–Kier alpha value is -2.01. The Morgan fingerprint density at radius 1 is 1.32 bits per heavy atom. The molecule has 1 aromatic carbocycles. The standard InChI is InChI=1S/C16H16ClN3O2/c17-12-8-18-15(19-14(12)21)20-9-11-4-1-2-5-13(11)22-16(10-20)6-3-7-16/h1-2,4-5,8H,3,6-7,9-10H2,(H,18,19,21). The van der Waals surface area contributed by atoms with Gasteiger partial charge in [-0.25, -0.2) is 4.98 Å². The number of aromatic nitrogens is 2. The number of ether oxygens (including phenoxy) is 1. The lowest BCUT2D eigenvalue weighted by Crippen LogP contribution is -2.51. The van der Waals surface area contributed by atoms with Gasteiger partial charge in [-0.05, 0) is 25.3 Å². The zero-order chi connectivity index (χ0) is 15.2. The van der Waals surface area contributed by atoms with Crippen molar-refractivity contribution >= 4 is 17.5 Å². The summed E-state index contributed by atoms with van der Waals surface area (Å²) in [5, 5.41) is 0.105. The number of benzene rings is 1. The normalized spacial score (nSPS) is 19.0. The molecule has 1 aromatic heterocycles. The van der Waals surface area contributed by atoms with E-state index in [0.29, 0.717) is 19.0 Å². The highest BCUT2D eigenvalue weighted by Gasteiger charge is 2.43. The highest BCUT2D eigenvalue weighted by Crippen LogP contribution is 2.41. The quantitative estimate of drug-likeness (QED) is 0.878. The third-order valence-corrected chi connectivity index (χ3v) is 4.72. The number of H-pyrrole nitrogens is 1. The fourth-order valence-corrected chi connectivity index (χ4v) is 3.22. The Morgan fingerprint density at radius 2 is 2.14 bits per heavy atom. The molecule has 0 radical (unpaired) electrons. The van der Waals surface area contributed by atoms with Crippen molar-refractivity contribution in [2.75, 3.05) is 11.4 Å². The van der Waals surface area contributed by atoms with E-state index in [1.165, 1.54) is 12.6 Å². The molecule has 0 bridgehead atoms. The van der Waals surface area contributed by atoms with Gasteiger partial charge in [-0.3, -0.25) is 9.78 Å². The van der Waals surface area contributed by atoms with Gasteiger partial charge in [0.2, 0.25) is 5.95 Å². The predicted molar refractivity (Wildman–Crippen MR) is 84.6 cm³/mol. The van der Waals surface area contributed by atoms with Crippen molar-refractivity contribution in [3.63, 3.8) is 0 Å². The Balaban J connectivity index is 1.75. The van der Waals surface area contributed by atoms with Crippen LogP contribution in [0.25, 0.3) is 0 Å². The summed E-state index contributed by atoms with van der Waals surface area (Å²) in [5.74, 6) is 1.47. The van der Waals surface area contributed by atoms with Gasteiger partial charge in [-0.1, -0.05) is 29.8 Å². The number of halogens is 1. The molecule has 4 rings (SSSR count). The van der Waals surface area contributed by atoms with E-state index in [9.17, 15) is 4.79 Å². The summed E-state index contributed by atoms with van der Waals surface area (Å²) in [7, 11) is 0. The van der Waals surface area contributed by atoms with Crippen LogP contribution in [-0.2, 0) is 6.54 Å². The molecular weight excluding hydrogens is 302 g/mol. The Kier molecular flexibility index (Phi) is 3.11. The van der Waals surface area contributed by atoms with Crippen LogP contribution in [0.2, 0.25) is 5.02 Å². The largest absolute Gasteiger partial charge is 0.485 e. The maximum absolute atomic E-state index is 11.8. The highest BCUT2D eigenvalue weighted by molar-refractivity contribution is 6.30. The minimum Gasteiger partial charge on any atom is -0.485 e. The van der Waals surface area contributed by atoms with E-state index in [2.05, 4.69) is 14.9 Å². The summed E-state index contributed by atoms with van der Waals surface area (Å²) >= 11 is 5.78. The van der Waals surface area contributed by atoms with Gasteiger partial charge >= 0.3 is 0 Å². The lowest BCUT2D eigenvalue weighted by atomic mass is 9.79. The molecular formula is C16H16ClN3O2. The van der Waals surface area contributed by atoms with Crippen molar-refractivity contribution in [2.24, 2.45) is 0 Å². The fourth-order valence-electron chi connectivity index (χ4n) is 3.12. The van der Waals surface area contributed by atoms with Gasteiger partial charge in [0.25, 0.3) is 5.56 Å². The van der Waals surface area contributed by atoms with Crippen molar-refractivity contribution in [3.8, 4) is 5.75 Å². The summed E-state index contributed by atoms with van der Waals surface area (Å²) in [6, 6.07) is 8.05. The second-order valence-corrected chi connectivity index (χ2v) is 6.39. The number of fused-ring (bicyclic) bond motifs is 1. The van der Waals surface area contributed by atoms with E-state index < -0.39 is 0 Å². The third-order valence-electron chi connectivity index (χ3n) is 4.45. The molecule has 22 heavy (non-hydrogen) atoms. The van der Waals surface area contributed by atoms with E-state index in [-0.39, 0.29) is 16.2 Å². The van der Waals surface area contributed by atoms with E-state index in [1.54, 1.807) is 0 Å². The van der Waals surface area contributed by atoms with Gasteiger partial charge < -0.3 is 9.64 Å². The molecule has 1 N–H and O–H groups in total. The Labute approximate surface area is 132 Å². The zero-order valence-corrected chi connectivity index (χ0v) is 12.8. The van der Waals surface area contributed by atoms with E-state index in [0.717, 1.165) is 24.2 Å². The van der Waals surface area contributed by atoms with Crippen molar-refractivity contribution in [2.45, 2.75) is 31.4 Å². The average molecular weight is 318 g/mol. The fraction of sp³-hybridized carbons (Fsp3) is 0.375. The van der Waals surface area contributed by atoms with Crippen molar-refractivity contribution in [3.05, 3.63) is 51.4 Å². The zero-order valence-electron chi connectivity index (χ0n) is 12.0. The number of rotatable bonds is 1. The average Bonchev–Trinajstić information content (AvgIpc) is 2.66. The molecule has 1 saturated carbocycles. The van der Waals surface area contributed by atoms with Gasteiger partial charge in [-0.2, -0.15) is 0 Å². The van der Waals surface area contributed by atoms with Gasteiger partial charge in [0.15, 0.2) is 0 Å². The summed E-state index contributed by atoms with van der Waals surface area (Å²) in [6.45, 7) is 1.37. The number of anilines is 1. The molecule has 2 aliphatic rings. The molecule has 114 valence electrons. The Bertz CT molecular complexity index is 770. The first-order valence-electron chi connectivity index (χ1n) is 7.42. The van der Waals surface area contributed by atoms with Crippen LogP contribution in [0, 0.1) is 0 Å². The summed E-state index contributed by atoms with van der Waals surface area (Å²) in [6.07, 6.45) is 4.62. The molecule has 0 saturated heterocycles. The van der Waals surface area contributed by atoms with Gasteiger partial charge in [0.1, 0.15) is 16.4 Å².